The van der Waals surface area contributed by atoms with Crippen LogP contribution in [0, 0.1) is 24.1 Å². The molecule has 11 heteroatoms. The third-order valence-corrected chi connectivity index (χ3v) is 8.81. The van der Waals surface area contributed by atoms with E-state index in [-0.39, 0.29) is 17.6 Å². The van der Waals surface area contributed by atoms with E-state index in [1.54, 1.807) is 9.80 Å². The van der Waals surface area contributed by atoms with Gasteiger partial charge in [-0.3, -0.25) is 4.79 Å². The number of benzene rings is 3. The lowest BCUT2D eigenvalue weighted by molar-refractivity contribution is 0.0746. The lowest BCUT2D eigenvalue weighted by atomic mass is 10.0. The van der Waals surface area contributed by atoms with Crippen molar-refractivity contribution in [2.45, 2.75) is 30.7 Å². The molecule has 3 aromatic rings. The molecule has 214 valence electrons. The van der Waals surface area contributed by atoms with Gasteiger partial charge in [-0.2, -0.15) is 5.26 Å². The van der Waals surface area contributed by atoms with Gasteiger partial charge in [0.05, 0.1) is 16.9 Å². The number of amides is 1. The number of piperidine rings is 1. The van der Waals surface area contributed by atoms with E-state index in [0.29, 0.717) is 37.3 Å². The van der Waals surface area contributed by atoms with Gasteiger partial charge in [0.25, 0.3) is 5.91 Å². The standard InChI is InChI=1S/C30H33FN6O3S/c1-21-9-10-24(34-23-11-13-35(14-12-23)27-7-3-2-5-22(27)20-32)19-25(21)30(38)37-17-15-36(16-18-37)28-8-4-6-26(31)29(28)41(33,39)40/h2-10,19,23,34H,11-18H2,1H3,(H2,33,39,40). The summed E-state index contributed by atoms with van der Waals surface area (Å²) in [7, 11) is -4.25. The highest BCUT2D eigenvalue weighted by Gasteiger charge is 2.28. The summed E-state index contributed by atoms with van der Waals surface area (Å²) in [6.45, 7) is 4.99. The SMILES string of the molecule is Cc1ccc(NC2CCN(c3ccccc3C#N)CC2)cc1C(=O)N1CCN(c2cccc(F)c2S(N)(=O)=O)CC1. The average molecular weight is 577 g/mol. The minimum absolute atomic E-state index is 0.0976. The molecule has 0 spiro atoms. The monoisotopic (exact) mass is 576 g/mol. The van der Waals surface area contributed by atoms with Gasteiger partial charge >= 0.3 is 0 Å². The van der Waals surface area contributed by atoms with Crippen LogP contribution in [0.5, 0.6) is 0 Å². The van der Waals surface area contributed by atoms with Crippen LogP contribution in [-0.2, 0) is 10.0 Å². The number of carbonyl (C=O) groups excluding carboxylic acids is 1. The Balaban J connectivity index is 1.22. The van der Waals surface area contributed by atoms with Crippen molar-refractivity contribution >= 4 is 33.0 Å². The van der Waals surface area contributed by atoms with Crippen LogP contribution in [0.25, 0.3) is 0 Å². The summed E-state index contributed by atoms with van der Waals surface area (Å²) < 4.78 is 38.4. The number of anilines is 3. The van der Waals surface area contributed by atoms with E-state index in [1.807, 2.05) is 49.4 Å². The summed E-state index contributed by atoms with van der Waals surface area (Å²) in [6.07, 6.45) is 1.80. The number of carbonyl (C=O) groups is 1. The van der Waals surface area contributed by atoms with Gasteiger partial charge in [0.2, 0.25) is 10.0 Å². The van der Waals surface area contributed by atoms with Gasteiger partial charge in [-0.15, -0.1) is 0 Å². The number of piperazine rings is 1. The van der Waals surface area contributed by atoms with Crippen LogP contribution in [0.2, 0.25) is 0 Å². The molecule has 0 aromatic heterocycles. The molecule has 2 heterocycles. The summed E-state index contributed by atoms with van der Waals surface area (Å²) in [5, 5.41) is 18.3. The molecule has 9 nitrogen and oxygen atoms in total. The third-order valence-electron chi connectivity index (χ3n) is 7.84. The van der Waals surface area contributed by atoms with Crippen LogP contribution in [0.1, 0.15) is 34.3 Å². The van der Waals surface area contributed by atoms with Crippen molar-refractivity contribution in [3.63, 3.8) is 0 Å². The molecule has 0 atom stereocenters. The zero-order valence-corrected chi connectivity index (χ0v) is 23.7. The lowest BCUT2D eigenvalue weighted by Crippen LogP contribution is -2.49. The van der Waals surface area contributed by atoms with Gasteiger partial charge in [0.1, 0.15) is 16.8 Å². The number of para-hydroxylation sites is 1. The Morgan fingerprint density at radius 2 is 1.61 bits per heavy atom. The molecule has 0 aliphatic carbocycles. The number of hydrogen-bond acceptors (Lipinski definition) is 7. The molecule has 0 unspecified atom stereocenters. The van der Waals surface area contributed by atoms with Crippen LogP contribution in [0.4, 0.5) is 21.5 Å². The number of nitriles is 1. The number of aryl methyl sites for hydroxylation is 1. The minimum atomic E-state index is -4.25. The maximum absolute atomic E-state index is 14.3. The molecule has 3 aromatic carbocycles. The molecule has 0 radical (unpaired) electrons. The van der Waals surface area contributed by atoms with Crippen molar-refractivity contribution in [3.8, 4) is 6.07 Å². The summed E-state index contributed by atoms with van der Waals surface area (Å²) in [5.74, 6) is -0.985. The van der Waals surface area contributed by atoms with Crippen molar-refractivity contribution in [1.82, 2.24) is 4.90 Å². The van der Waals surface area contributed by atoms with Gasteiger partial charge in [-0.25, -0.2) is 17.9 Å². The van der Waals surface area contributed by atoms with Gasteiger partial charge in [-0.1, -0.05) is 24.3 Å². The van der Waals surface area contributed by atoms with Crippen molar-refractivity contribution < 1.29 is 17.6 Å². The summed E-state index contributed by atoms with van der Waals surface area (Å²) in [6, 6.07) is 20.1. The van der Waals surface area contributed by atoms with Gasteiger partial charge in [0, 0.05) is 56.6 Å². The number of primary sulfonamides is 1. The fourth-order valence-corrected chi connectivity index (χ4v) is 6.46. The van der Waals surface area contributed by atoms with Gasteiger partial charge < -0.3 is 20.0 Å². The fraction of sp³-hybridized carbons (Fsp3) is 0.333. The first-order valence-electron chi connectivity index (χ1n) is 13.6. The molecule has 3 N–H and O–H groups in total. The molecule has 0 saturated carbocycles. The van der Waals surface area contributed by atoms with Gasteiger partial charge in [0.15, 0.2) is 0 Å². The van der Waals surface area contributed by atoms with E-state index in [9.17, 15) is 22.9 Å². The first kappa shape index (κ1) is 28.4. The molecule has 2 saturated heterocycles. The first-order valence-corrected chi connectivity index (χ1v) is 15.2. The Hall–Kier alpha value is -4.14. The maximum atomic E-state index is 14.3. The molecular weight excluding hydrogens is 543 g/mol. The number of halogens is 1. The highest BCUT2D eigenvalue weighted by molar-refractivity contribution is 7.89. The molecule has 41 heavy (non-hydrogen) atoms. The highest BCUT2D eigenvalue weighted by Crippen LogP contribution is 2.29. The zero-order chi connectivity index (χ0) is 29.1. The van der Waals surface area contributed by atoms with Gasteiger partial charge in [-0.05, 0) is 61.7 Å². The van der Waals surface area contributed by atoms with Crippen LogP contribution in [0.15, 0.2) is 65.6 Å². The molecule has 2 fully saturated rings. The molecule has 5 rings (SSSR count). The predicted molar refractivity (Wildman–Crippen MR) is 157 cm³/mol. The smallest absolute Gasteiger partial charge is 0.254 e. The largest absolute Gasteiger partial charge is 0.382 e. The van der Waals surface area contributed by atoms with Crippen LogP contribution >= 0.6 is 0 Å². The van der Waals surface area contributed by atoms with Crippen molar-refractivity contribution in [2.24, 2.45) is 5.14 Å². The lowest BCUT2D eigenvalue weighted by Gasteiger charge is -2.37. The number of nitrogens with two attached hydrogens (primary N) is 1. The summed E-state index contributed by atoms with van der Waals surface area (Å²) in [5.41, 5.74) is 4.22. The number of sulfonamides is 1. The second kappa shape index (κ2) is 11.8. The number of nitrogens with zero attached hydrogens (tertiary/aromatic N) is 4. The average Bonchev–Trinajstić information content (AvgIpc) is 2.97. The molecule has 0 bridgehead atoms. The summed E-state index contributed by atoms with van der Waals surface area (Å²) >= 11 is 0. The zero-order valence-electron chi connectivity index (χ0n) is 22.9. The Morgan fingerprint density at radius 1 is 0.951 bits per heavy atom. The topological polar surface area (TPSA) is 123 Å². The predicted octanol–water partition coefficient (Wildman–Crippen LogP) is 3.70. The van der Waals surface area contributed by atoms with E-state index in [4.69, 9.17) is 5.14 Å². The molecule has 1 amide bonds. The normalized spacial score (nSPS) is 16.4. The van der Waals surface area contributed by atoms with Crippen LogP contribution < -0.4 is 20.3 Å². The molecule has 2 aliphatic rings. The highest BCUT2D eigenvalue weighted by atomic mass is 32.2. The first-order chi connectivity index (χ1) is 19.7. The van der Waals surface area contributed by atoms with E-state index in [1.165, 1.54) is 12.1 Å². The summed E-state index contributed by atoms with van der Waals surface area (Å²) in [4.78, 5) is 18.7. The molecule has 2 aliphatic heterocycles. The molecular formula is C30H33FN6O3S. The Labute approximate surface area is 240 Å². The second-order valence-electron chi connectivity index (χ2n) is 10.5. The Bertz CT molecular complexity index is 1590. The van der Waals surface area contributed by atoms with Crippen molar-refractivity contribution in [2.75, 3.05) is 54.4 Å². The fourth-order valence-electron chi connectivity index (χ4n) is 5.64. The number of rotatable bonds is 6. The number of hydrogen-bond donors (Lipinski definition) is 2. The maximum Gasteiger partial charge on any atom is 0.254 e. The minimum Gasteiger partial charge on any atom is -0.382 e. The quantitative estimate of drug-likeness (QED) is 0.459. The number of nitrogens with one attached hydrogen (secondary N) is 1. The van der Waals surface area contributed by atoms with E-state index in [0.717, 1.165) is 48.9 Å². The van der Waals surface area contributed by atoms with E-state index in [2.05, 4.69) is 16.3 Å². The Morgan fingerprint density at radius 3 is 2.29 bits per heavy atom. The third kappa shape index (κ3) is 6.14. The van der Waals surface area contributed by atoms with Crippen LogP contribution in [-0.4, -0.2) is 64.5 Å². The van der Waals surface area contributed by atoms with Crippen molar-refractivity contribution in [3.05, 3.63) is 83.2 Å². The van der Waals surface area contributed by atoms with Crippen molar-refractivity contribution in [1.29, 1.82) is 5.26 Å². The van der Waals surface area contributed by atoms with E-state index < -0.39 is 20.7 Å². The van der Waals surface area contributed by atoms with E-state index >= 15 is 0 Å². The van der Waals surface area contributed by atoms with Crippen LogP contribution in [0.3, 0.4) is 0 Å². The second-order valence-corrected chi connectivity index (χ2v) is 12.0. The Kier molecular flexibility index (Phi) is 8.15.